The Morgan fingerprint density at radius 2 is 1.50 bits per heavy atom. The van der Waals surface area contributed by atoms with Crippen LogP contribution in [0.15, 0.2) is 60.7 Å². The van der Waals surface area contributed by atoms with Crippen molar-refractivity contribution in [2.45, 2.75) is 5.38 Å². The van der Waals surface area contributed by atoms with Crippen LogP contribution in [-0.4, -0.2) is 0 Å². The van der Waals surface area contributed by atoms with Gasteiger partial charge in [0.15, 0.2) is 0 Å². The van der Waals surface area contributed by atoms with E-state index in [0.717, 1.165) is 11.1 Å². The van der Waals surface area contributed by atoms with E-state index in [-0.39, 0.29) is 5.38 Å². The monoisotopic (exact) mass is 320 g/mol. The fourth-order valence-electron chi connectivity index (χ4n) is 2.25. The highest BCUT2D eigenvalue weighted by molar-refractivity contribution is 6.36. The zero-order chi connectivity index (χ0) is 14.1. The van der Waals surface area contributed by atoms with Crippen molar-refractivity contribution < 1.29 is 0 Å². The summed E-state index contributed by atoms with van der Waals surface area (Å²) in [6, 6.07) is 19.8. The van der Waals surface area contributed by atoms with Crippen LogP contribution in [0.25, 0.3) is 10.8 Å². The van der Waals surface area contributed by atoms with E-state index in [1.807, 2.05) is 24.3 Å². The van der Waals surface area contributed by atoms with Gasteiger partial charge in [0, 0.05) is 10.0 Å². The lowest BCUT2D eigenvalue weighted by molar-refractivity contribution is 1.15. The third kappa shape index (κ3) is 2.64. The summed E-state index contributed by atoms with van der Waals surface area (Å²) < 4.78 is 0. The van der Waals surface area contributed by atoms with Crippen LogP contribution in [0.1, 0.15) is 16.5 Å². The quantitative estimate of drug-likeness (QED) is 0.474. The predicted octanol–water partition coefficient (Wildman–Crippen LogP) is 6.47. The van der Waals surface area contributed by atoms with Crippen LogP contribution in [0.2, 0.25) is 10.0 Å². The number of hydrogen-bond donors (Lipinski definition) is 0. The first-order valence-corrected chi connectivity index (χ1v) is 7.42. The molecular weight excluding hydrogens is 311 g/mol. The van der Waals surface area contributed by atoms with Gasteiger partial charge in [-0.1, -0.05) is 65.7 Å². The number of hydrogen-bond acceptors (Lipinski definition) is 0. The predicted molar refractivity (Wildman–Crippen MR) is 88.1 cm³/mol. The minimum atomic E-state index is -0.288. The number of rotatable bonds is 2. The van der Waals surface area contributed by atoms with Gasteiger partial charge >= 0.3 is 0 Å². The third-order valence-electron chi connectivity index (χ3n) is 3.30. The minimum absolute atomic E-state index is 0.288. The number of benzene rings is 3. The average molecular weight is 322 g/mol. The maximum atomic E-state index is 6.56. The van der Waals surface area contributed by atoms with E-state index in [1.165, 1.54) is 10.8 Å². The van der Waals surface area contributed by atoms with Gasteiger partial charge in [0.05, 0.1) is 5.38 Å². The second-order valence-electron chi connectivity index (χ2n) is 4.63. The molecule has 0 saturated heterocycles. The Morgan fingerprint density at radius 3 is 2.25 bits per heavy atom. The van der Waals surface area contributed by atoms with Gasteiger partial charge in [-0.05, 0) is 40.1 Å². The summed E-state index contributed by atoms with van der Waals surface area (Å²) in [4.78, 5) is 0. The Morgan fingerprint density at radius 1 is 0.750 bits per heavy atom. The zero-order valence-electron chi connectivity index (χ0n) is 10.5. The highest BCUT2D eigenvalue weighted by Gasteiger charge is 2.14. The summed E-state index contributed by atoms with van der Waals surface area (Å²) >= 11 is 18.7. The summed E-state index contributed by atoms with van der Waals surface area (Å²) in [5, 5.41) is 3.28. The molecule has 100 valence electrons. The molecule has 0 saturated carbocycles. The summed E-state index contributed by atoms with van der Waals surface area (Å²) in [6.07, 6.45) is 0. The van der Waals surface area contributed by atoms with Gasteiger partial charge in [0.1, 0.15) is 0 Å². The Hall–Kier alpha value is -1.21. The second-order valence-corrected chi connectivity index (χ2v) is 5.92. The van der Waals surface area contributed by atoms with E-state index in [9.17, 15) is 0 Å². The molecule has 3 aromatic rings. The average Bonchev–Trinajstić information content (AvgIpc) is 2.46. The fraction of sp³-hybridized carbons (Fsp3) is 0.0588. The molecule has 0 bridgehead atoms. The van der Waals surface area contributed by atoms with Crippen molar-refractivity contribution in [3.8, 4) is 0 Å². The van der Waals surface area contributed by atoms with Crippen molar-refractivity contribution in [1.82, 2.24) is 0 Å². The van der Waals surface area contributed by atoms with Gasteiger partial charge in [0.2, 0.25) is 0 Å². The number of alkyl halides is 1. The van der Waals surface area contributed by atoms with E-state index in [0.29, 0.717) is 10.0 Å². The molecular formula is C17H11Cl3. The van der Waals surface area contributed by atoms with E-state index in [4.69, 9.17) is 34.8 Å². The van der Waals surface area contributed by atoms with Crippen molar-refractivity contribution in [2.75, 3.05) is 0 Å². The Balaban J connectivity index is 2.05. The smallest absolute Gasteiger partial charge is 0.0850 e. The van der Waals surface area contributed by atoms with Crippen molar-refractivity contribution in [3.05, 3.63) is 81.8 Å². The van der Waals surface area contributed by atoms with E-state index >= 15 is 0 Å². The van der Waals surface area contributed by atoms with E-state index in [2.05, 4.69) is 24.3 Å². The van der Waals surface area contributed by atoms with Crippen molar-refractivity contribution in [1.29, 1.82) is 0 Å². The van der Waals surface area contributed by atoms with Gasteiger partial charge in [-0.15, -0.1) is 11.6 Å². The first-order valence-electron chi connectivity index (χ1n) is 6.23. The highest BCUT2D eigenvalue weighted by atomic mass is 35.5. The SMILES string of the molecule is Clc1ccc(C(Cl)c2ccc3ccccc3c2)c(Cl)c1. The molecule has 3 aromatic carbocycles. The molecule has 1 atom stereocenters. The summed E-state index contributed by atoms with van der Waals surface area (Å²) in [7, 11) is 0. The van der Waals surface area contributed by atoms with Crippen molar-refractivity contribution in [2.24, 2.45) is 0 Å². The van der Waals surface area contributed by atoms with Crippen LogP contribution in [0.4, 0.5) is 0 Å². The normalized spacial score (nSPS) is 12.6. The zero-order valence-corrected chi connectivity index (χ0v) is 12.8. The molecule has 0 aliphatic heterocycles. The van der Waals surface area contributed by atoms with Crippen LogP contribution >= 0.6 is 34.8 Å². The molecule has 0 N–H and O–H groups in total. The third-order valence-corrected chi connectivity index (χ3v) is 4.35. The Labute approximate surface area is 132 Å². The molecule has 0 aromatic heterocycles. The second kappa shape index (κ2) is 5.65. The minimum Gasteiger partial charge on any atom is -0.113 e. The lowest BCUT2D eigenvalue weighted by Crippen LogP contribution is -1.94. The molecule has 0 spiro atoms. The standard InChI is InChI=1S/C17H11Cl3/c18-14-7-8-15(16(19)10-14)17(20)13-6-5-11-3-1-2-4-12(11)9-13/h1-10,17H. The largest absolute Gasteiger partial charge is 0.113 e. The number of halogens is 3. The lowest BCUT2D eigenvalue weighted by Gasteiger charge is -2.13. The maximum absolute atomic E-state index is 6.56. The van der Waals surface area contributed by atoms with E-state index < -0.39 is 0 Å². The molecule has 0 aliphatic carbocycles. The molecule has 0 radical (unpaired) electrons. The van der Waals surface area contributed by atoms with E-state index in [1.54, 1.807) is 12.1 Å². The molecule has 0 aliphatic rings. The molecule has 0 fully saturated rings. The van der Waals surface area contributed by atoms with Crippen LogP contribution in [0.5, 0.6) is 0 Å². The first kappa shape index (κ1) is 13.8. The van der Waals surface area contributed by atoms with Gasteiger partial charge in [-0.2, -0.15) is 0 Å². The van der Waals surface area contributed by atoms with Crippen molar-refractivity contribution in [3.63, 3.8) is 0 Å². The lowest BCUT2D eigenvalue weighted by atomic mass is 10.0. The highest BCUT2D eigenvalue weighted by Crippen LogP contribution is 2.35. The maximum Gasteiger partial charge on any atom is 0.0850 e. The molecule has 0 heterocycles. The molecule has 3 heteroatoms. The summed E-state index contributed by atoms with van der Waals surface area (Å²) in [5.41, 5.74) is 1.89. The Kier molecular flexibility index (Phi) is 3.89. The summed E-state index contributed by atoms with van der Waals surface area (Å²) in [5.74, 6) is 0. The molecule has 20 heavy (non-hydrogen) atoms. The Bertz CT molecular complexity index is 765. The molecule has 0 nitrogen and oxygen atoms in total. The molecule has 3 rings (SSSR count). The van der Waals surface area contributed by atoms with Crippen LogP contribution in [0.3, 0.4) is 0 Å². The van der Waals surface area contributed by atoms with Gasteiger partial charge in [-0.3, -0.25) is 0 Å². The summed E-state index contributed by atoms with van der Waals surface area (Å²) in [6.45, 7) is 0. The van der Waals surface area contributed by atoms with Crippen LogP contribution < -0.4 is 0 Å². The first-order chi connectivity index (χ1) is 9.65. The number of fused-ring (bicyclic) bond motifs is 1. The van der Waals surface area contributed by atoms with Gasteiger partial charge in [0.25, 0.3) is 0 Å². The molecule has 1 unspecified atom stereocenters. The van der Waals surface area contributed by atoms with Gasteiger partial charge < -0.3 is 0 Å². The fourth-order valence-corrected chi connectivity index (χ4v) is 3.15. The molecule has 0 amide bonds. The van der Waals surface area contributed by atoms with Gasteiger partial charge in [-0.25, -0.2) is 0 Å². The van der Waals surface area contributed by atoms with Crippen LogP contribution in [-0.2, 0) is 0 Å². The van der Waals surface area contributed by atoms with Crippen LogP contribution in [0, 0.1) is 0 Å². The van der Waals surface area contributed by atoms with Crippen molar-refractivity contribution >= 4 is 45.6 Å². The topological polar surface area (TPSA) is 0 Å².